The number of hydrogen-bond donors (Lipinski definition) is 0. The van der Waals surface area contributed by atoms with Crippen molar-refractivity contribution in [1.29, 1.82) is 0 Å². The Balaban J connectivity index is 1.54. The van der Waals surface area contributed by atoms with Crippen LogP contribution in [0.15, 0.2) is 66.7 Å². The average molecular weight is 500 g/mol. The molecule has 0 saturated carbocycles. The summed E-state index contributed by atoms with van der Waals surface area (Å²) in [6.07, 6.45) is 10.2. The van der Waals surface area contributed by atoms with Crippen molar-refractivity contribution < 1.29 is 9.06 Å². The fourth-order valence-corrected chi connectivity index (χ4v) is 5.67. The number of nitrogens with zero attached hydrogens (tertiary/aromatic N) is 3. The maximum absolute atomic E-state index is 2.55. The van der Waals surface area contributed by atoms with Gasteiger partial charge in [-0.1, -0.05) is 36.4 Å². The van der Waals surface area contributed by atoms with E-state index in [2.05, 4.69) is 144 Å². The molecule has 2 aromatic carbocycles. The molecule has 2 heterocycles. The van der Waals surface area contributed by atoms with Gasteiger partial charge in [-0.05, 0) is 55.8 Å². The Kier molecular flexibility index (Phi) is 7.67. The van der Waals surface area contributed by atoms with E-state index in [4.69, 9.17) is 0 Å². The van der Waals surface area contributed by atoms with Crippen molar-refractivity contribution in [2.45, 2.75) is 25.7 Å². The van der Waals surface area contributed by atoms with Crippen molar-refractivity contribution >= 4 is 46.7 Å². The van der Waals surface area contributed by atoms with Crippen molar-refractivity contribution in [3.05, 3.63) is 87.6 Å². The second-order valence-electron chi connectivity index (χ2n) is 11.4. The SMILES string of the molecule is CN(C)c1ccc(/C=C/c2ccc(/C=C/C3=[N+](CCC[N+](C)(C)C)c4ccccc4C3(C)C)s2)cc1. The Morgan fingerprint density at radius 1 is 0.833 bits per heavy atom. The fourth-order valence-electron chi connectivity index (χ4n) is 4.86. The predicted molar refractivity (Wildman–Crippen MR) is 160 cm³/mol. The molecule has 1 aliphatic rings. The summed E-state index contributed by atoms with van der Waals surface area (Å²) in [5.74, 6) is 0. The molecule has 0 saturated heterocycles. The third kappa shape index (κ3) is 6.05. The van der Waals surface area contributed by atoms with Crippen LogP contribution >= 0.6 is 11.3 Å². The van der Waals surface area contributed by atoms with Crippen LogP contribution in [0.2, 0.25) is 0 Å². The molecule has 0 bridgehead atoms. The molecule has 0 radical (unpaired) electrons. The summed E-state index contributed by atoms with van der Waals surface area (Å²) in [5.41, 5.74) is 6.59. The molecular weight excluding hydrogens is 458 g/mol. The van der Waals surface area contributed by atoms with Crippen LogP contribution in [0.5, 0.6) is 0 Å². The Labute approximate surface area is 221 Å². The lowest BCUT2D eigenvalue weighted by Gasteiger charge is -2.23. The van der Waals surface area contributed by atoms with Crippen LogP contribution in [0.25, 0.3) is 18.2 Å². The number of para-hydroxylation sites is 1. The highest BCUT2D eigenvalue weighted by atomic mass is 32.1. The zero-order valence-electron chi connectivity index (χ0n) is 23.0. The molecule has 0 unspecified atom stereocenters. The molecule has 3 aromatic rings. The highest BCUT2D eigenvalue weighted by Crippen LogP contribution is 2.40. The Bertz CT molecular complexity index is 1280. The minimum atomic E-state index is -0.0115. The highest BCUT2D eigenvalue weighted by molar-refractivity contribution is 7.13. The van der Waals surface area contributed by atoms with E-state index in [1.165, 1.54) is 38.0 Å². The standard InChI is InChI=1S/C32H41N3S/c1-32(2)29-11-8-9-12-30(29)34(23-10-24-35(5,6)7)31(32)22-21-28-20-19-27(36-28)18-15-25-13-16-26(17-14-25)33(3)4/h8-9,11-22H,10,23-24H2,1-7H3/q+2. The average Bonchev–Trinajstić information content (AvgIpc) is 3.36. The largest absolute Gasteiger partial charge is 0.378 e. The smallest absolute Gasteiger partial charge is 0.209 e. The van der Waals surface area contributed by atoms with E-state index in [0.29, 0.717) is 0 Å². The molecule has 188 valence electrons. The number of hydrogen-bond acceptors (Lipinski definition) is 2. The first-order valence-corrected chi connectivity index (χ1v) is 13.6. The van der Waals surface area contributed by atoms with Gasteiger partial charge in [0.25, 0.3) is 0 Å². The number of anilines is 1. The van der Waals surface area contributed by atoms with Gasteiger partial charge in [-0.25, -0.2) is 0 Å². The van der Waals surface area contributed by atoms with Crippen LogP contribution in [-0.4, -0.2) is 63.1 Å². The van der Waals surface area contributed by atoms with Crippen LogP contribution in [0.4, 0.5) is 11.4 Å². The molecule has 1 aliphatic heterocycles. The van der Waals surface area contributed by atoms with E-state index >= 15 is 0 Å². The third-order valence-corrected chi connectivity index (χ3v) is 7.93. The van der Waals surface area contributed by atoms with Gasteiger partial charge in [-0.2, -0.15) is 4.58 Å². The van der Waals surface area contributed by atoms with Gasteiger partial charge in [0, 0.05) is 47.2 Å². The monoisotopic (exact) mass is 499 g/mol. The van der Waals surface area contributed by atoms with Crippen LogP contribution < -0.4 is 4.90 Å². The molecule has 3 nitrogen and oxygen atoms in total. The quantitative estimate of drug-likeness (QED) is 0.223. The van der Waals surface area contributed by atoms with Gasteiger partial charge in [0.15, 0.2) is 12.3 Å². The van der Waals surface area contributed by atoms with E-state index in [0.717, 1.165) is 24.0 Å². The minimum Gasteiger partial charge on any atom is -0.378 e. The van der Waals surface area contributed by atoms with Crippen molar-refractivity contribution in [2.75, 3.05) is 53.2 Å². The van der Waals surface area contributed by atoms with E-state index in [-0.39, 0.29) is 5.41 Å². The normalized spacial score (nSPS) is 15.3. The van der Waals surface area contributed by atoms with Gasteiger partial charge in [0.1, 0.15) is 0 Å². The number of thiophene rings is 1. The number of quaternary nitrogens is 1. The summed E-state index contributed by atoms with van der Waals surface area (Å²) in [6, 6.07) is 22.0. The van der Waals surface area contributed by atoms with Crippen LogP contribution in [0.1, 0.15) is 41.1 Å². The lowest BCUT2D eigenvalue weighted by atomic mass is 9.81. The van der Waals surface area contributed by atoms with Crippen LogP contribution in [0.3, 0.4) is 0 Å². The van der Waals surface area contributed by atoms with Gasteiger partial charge in [0.05, 0.1) is 39.5 Å². The predicted octanol–water partition coefficient (Wildman–Crippen LogP) is 7.17. The van der Waals surface area contributed by atoms with Gasteiger partial charge in [-0.15, -0.1) is 11.3 Å². The fraction of sp³-hybridized carbons (Fsp3) is 0.344. The van der Waals surface area contributed by atoms with Crippen molar-refractivity contribution in [3.8, 4) is 0 Å². The maximum Gasteiger partial charge on any atom is 0.209 e. The van der Waals surface area contributed by atoms with Crippen LogP contribution in [0, 0.1) is 0 Å². The molecule has 0 amide bonds. The number of benzene rings is 2. The number of fused-ring (bicyclic) bond motifs is 1. The molecule has 0 atom stereocenters. The molecule has 0 N–H and O–H groups in total. The number of rotatable bonds is 9. The summed E-state index contributed by atoms with van der Waals surface area (Å²) in [6.45, 7) is 6.92. The zero-order chi connectivity index (χ0) is 25.9. The third-order valence-electron chi connectivity index (χ3n) is 6.91. The van der Waals surface area contributed by atoms with E-state index in [1.54, 1.807) is 0 Å². The molecule has 36 heavy (non-hydrogen) atoms. The topological polar surface area (TPSA) is 6.25 Å². The lowest BCUT2D eigenvalue weighted by Crippen LogP contribution is -2.36. The van der Waals surface area contributed by atoms with Crippen molar-refractivity contribution in [3.63, 3.8) is 0 Å². The molecular formula is C32H41N3S+2. The van der Waals surface area contributed by atoms with Crippen molar-refractivity contribution in [2.24, 2.45) is 0 Å². The van der Waals surface area contributed by atoms with Gasteiger partial charge in [-0.3, -0.25) is 0 Å². The van der Waals surface area contributed by atoms with Gasteiger partial charge in [0.2, 0.25) is 5.69 Å². The summed E-state index contributed by atoms with van der Waals surface area (Å²) >= 11 is 1.83. The van der Waals surface area contributed by atoms with E-state index < -0.39 is 0 Å². The molecule has 0 spiro atoms. The Hall–Kier alpha value is -2.95. The maximum atomic E-state index is 2.55. The zero-order valence-corrected chi connectivity index (χ0v) is 23.8. The second kappa shape index (κ2) is 10.6. The molecule has 0 aliphatic carbocycles. The Morgan fingerprint density at radius 2 is 1.47 bits per heavy atom. The first-order valence-electron chi connectivity index (χ1n) is 12.8. The first-order chi connectivity index (χ1) is 17.0. The van der Waals surface area contributed by atoms with Crippen LogP contribution in [-0.2, 0) is 5.41 Å². The van der Waals surface area contributed by atoms with E-state index in [1.807, 2.05) is 11.3 Å². The minimum absolute atomic E-state index is 0.0115. The molecule has 0 fully saturated rings. The summed E-state index contributed by atoms with van der Waals surface area (Å²) in [4.78, 5) is 4.67. The lowest BCUT2D eigenvalue weighted by molar-refractivity contribution is -0.871. The summed E-state index contributed by atoms with van der Waals surface area (Å²) in [5, 5.41) is 0. The molecule has 4 rings (SSSR count). The van der Waals surface area contributed by atoms with Crippen molar-refractivity contribution in [1.82, 2.24) is 0 Å². The summed E-state index contributed by atoms with van der Waals surface area (Å²) in [7, 11) is 11.0. The Morgan fingerprint density at radius 3 is 2.11 bits per heavy atom. The second-order valence-corrected chi connectivity index (χ2v) is 12.6. The number of allylic oxidation sites excluding steroid dienone is 1. The summed E-state index contributed by atoms with van der Waals surface area (Å²) < 4.78 is 3.54. The van der Waals surface area contributed by atoms with E-state index in [9.17, 15) is 0 Å². The highest BCUT2D eigenvalue weighted by Gasteiger charge is 2.43. The molecule has 4 heteroatoms. The van der Waals surface area contributed by atoms with Gasteiger partial charge < -0.3 is 9.38 Å². The molecule has 1 aromatic heterocycles. The first kappa shape index (κ1) is 26.1. The van der Waals surface area contributed by atoms with Gasteiger partial charge >= 0.3 is 0 Å².